The summed E-state index contributed by atoms with van der Waals surface area (Å²) in [6.07, 6.45) is -6.77. The molecule has 0 aromatic heterocycles. The maximum atomic E-state index is 13.4. The molecule has 0 spiro atoms. The minimum Gasteiger partial charge on any atom is -0.494 e. The van der Waals surface area contributed by atoms with Crippen molar-refractivity contribution >= 4 is 5.78 Å². The molecule has 124 valence electrons. The Morgan fingerprint density at radius 2 is 1.45 bits per heavy atom. The number of benzene rings is 1. The third-order valence-electron chi connectivity index (χ3n) is 2.52. The van der Waals surface area contributed by atoms with Gasteiger partial charge >= 0.3 is 18.0 Å². The molecular formula is C11H5F9O2. The van der Waals surface area contributed by atoms with Gasteiger partial charge in [0.1, 0.15) is 5.82 Å². The lowest BCUT2D eigenvalue weighted by Crippen LogP contribution is -2.56. The van der Waals surface area contributed by atoms with Crippen molar-refractivity contribution < 1.29 is 49.0 Å². The van der Waals surface area contributed by atoms with Gasteiger partial charge in [-0.1, -0.05) is 0 Å². The highest BCUT2D eigenvalue weighted by Crippen LogP contribution is 2.48. The zero-order chi connectivity index (χ0) is 17.5. The lowest BCUT2D eigenvalue weighted by atomic mass is 9.99. The average molecular weight is 340 g/mol. The molecule has 1 rings (SSSR count). The first-order valence-electron chi connectivity index (χ1n) is 5.17. The number of hydrogen-bond acceptors (Lipinski definition) is 2. The number of Topliss-reactive ketones (excluding diaryl/α,β-unsaturated/α-hetero) is 1. The smallest absolute Gasteiger partial charge is 0.460 e. The minimum absolute atomic E-state index is 0.0599. The van der Waals surface area contributed by atoms with E-state index in [2.05, 4.69) is 4.74 Å². The maximum absolute atomic E-state index is 13.4. The van der Waals surface area contributed by atoms with Crippen LogP contribution in [0.4, 0.5) is 39.5 Å². The van der Waals surface area contributed by atoms with E-state index in [9.17, 15) is 44.3 Å². The Balaban J connectivity index is 3.40. The van der Waals surface area contributed by atoms with Crippen molar-refractivity contribution in [2.75, 3.05) is 7.11 Å². The number of carbonyl (C=O) groups is 1. The molecule has 2 nitrogen and oxygen atoms in total. The minimum atomic E-state index is -6.77. The van der Waals surface area contributed by atoms with E-state index in [1.54, 1.807) is 0 Å². The van der Waals surface area contributed by atoms with Crippen molar-refractivity contribution in [3.05, 3.63) is 29.3 Å². The molecule has 0 aliphatic rings. The monoisotopic (exact) mass is 340 g/mol. The fourth-order valence-corrected chi connectivity index (χ4v) is 1.35. The van der Waals surface area contributed by atoms with Crippen molar-refractivity contribution in [2.24, 2.45) is 0 Å². The first-order chi connectivity index (χ1) is 9.77. The second-order valence-corrected chi connectivity index (χ2v) is 3.94. The molecule has 0 saturated carbocycles. The van der Waals surface area contributed by atoms with Gasteiger partial charge in [0.2, 0.25) is 5.78 Å². The van der Waals surface area contributed by atoms with Crippen molar-refractivity contribution in [2.45, 2.75) is 18.0 Å². The second-order valence-electron chi connectivity index (χ2n) is 3.94. The van der Waals surface area contributed by atoms with E-state index in [1.165, 1.54) is 0 Å². The summed E-state index contributed by atoms with van der Waals surface area (Å²) in [4.78, 5) is 11.2. The van der Waals surface area contributed by atoms with E-state index in [1.807, 2.05) is 0 Å². The van der Waals surface area contributed by atoms with Crippen molar-refractivity contribution in [1.29, 1.82) is 0 Å². The van der Waals surface area contributed by atoms with E-state index >= 15 is 0 Å². The summed E-state index contributed by atoms with van der Waals surface area (Å²) in [6, 6.07) is -0.193. The lowest BCUT2D eigenvalue weighted by molar-refractivity contribution is -0.339. The standard InChI is InChI=1S/C11H5F9O2/c1-22-7-3-5(12)4(2-6(7)13)8(21)9(14,15)10(16,17)11(18,19)20/h2-3H,1H3. The van der Waals surface area contributed by atoms with Crippen LogP contribution >= 0.6 is 0 Å². The fourth-order valence-electron chi connectivity index (χ4n) is 1.35. The third kappa shape index (κ3) is 2.71. The Hall–Kier alpha value is -1.94. The summed E-state index contributed by atoms with van der Waals surface area (Å²) in [5.41, 5.74) is -1.97. The number of ketones is 1. The maximum Gasteiger partial charge on any atom is 0.460 e. The van der Waals surface area contributed by atoms with Crippen LogP contribution in [0.1, 0.15) is 10.4 Å². The van der Waals surface area contributed by atoms with Crippen LogP contribution < -0.4 is 4.74 Å². The highest BCUT2D eigenvalue weighted by atomic mass is 19.4. The Labute approximate surface area is 116 Å². The quantitative estimate of drug-likeness (QED) is 0.612. The molecule has 1 aromatic carbocycles. The van der Waals surface area contributed by atoms with Crippen LogP contribution in [0.2, 0.25) is 0 Å². The Bertz CT molecular complexity index is 592. The molecule has 0 unspecified atom stereocenters. The summed E-state index contributed by atoms with van der Waals surface area (Å²) >= 11 is 0. The second kappa shape index (κ2) is 5.36. The van der Waals surface area contributed by atoms with Gasteiger partial charge in [-0.15, -0.1) is 0 Å². The molecule has 0 heterocycles. The number of halogens is 9. The number of alkyl halides is 7. The van der Waals surface area contributed by atoms with Crippen LogP contribution in [0.3, 0.4) is 0 Å². The SMILES string of the molecule is COc1cc(F)c(C(=O)C(F)(F)C(F)(F)C(F)(F)F)cc1F. The summed E-state index contributed by atoms with van der Waals surface area (Å²) in [7, 11) is 0.839. The van der Waals surface area contributed by atoms with Crippen molar-refractivity contribution in [3.8, 4) is 5.75 Å². The Kier molecular flexibility index (Phi) is 4.41. The predicted octanol–water partition coefficient (Wildman–Crippen LogP) is 3.99. The van der Waals surface area contributed by atoms with Gasteiger partial charge < -0.3 is 4.74 Å². The summed E-state index contributed by atoms with van der Waals surface area (Å²) in [6.45, 7) is 0. The summed E-state index contributed by atoms with van der Waals surface area (Å²) in [5.74, 6) is -20.7. The molecule has 1 aromatic rings. The van der Waals surface area contributed by atoms with Gasteiger partial charge in [-0.05, 0) is 6.07 Å². The molecule has 0 amide bonds. The third-order valence-corrected chi connectivity index (χ3v) is 2.52. The number of methoxy groups -OCH3 is 1. The van der Waals surface area contributed by atoms with Gasteiger partial charge in [0, 0.05) is 6.07 Å². The first kappa shape index (κ1) is 18.1. The van der Waals surface area contributed by atoms with Crippen LogP contribution in [-0.2, 0) is 0 Å². The van der Waals surface area contributed by atoms with Crippen LogP contribution in [0, 0.1) is 11.6 Å². The van der Waals surface area contributed by atoms with Crippen LogP contribution in [-0.4, -0.2) is 30.9 Å². The summed E-state index contributed by atoms with van der Waals surface area (Å²) < 4.78 is 118. The van der Waals surface area contributed by atoms with Gasteiger partial charge in [-0.25, -0.2) is 8.78 Å². The predicted molar refractivity (Wildman–Crippen MR) is 53.2 cm³/mol. The van der Waals surface area contributed by atoms with E-state index in [0.717, 1.165) is 7.11 Å². The average Bonchev–Trinajstić information content (AvgIpc) is 2.38. The molecule has 0 radical (unpaired) electrons. The number of hydrogen-bond donors (Lipinski definition) is 0. The largest absolute Gasteiger partial charge is 0.494 e. The Morgan fingerprint density at radius 3 is 1.86 bits per heavy atom. The van der Waals surface area contributed by atoms with Gasteiger partial charge in [0.05, 0.1) is 12.7 Å². The zero-order valence-corrected chi connectivity index (χ0v) is 10.4. The molecule has 0 bridgehead atoms. The van der Waals surface area contributed by atoms with Crippen molar-refractivity contribution in [1.82, 2.24) is 0 Å². The van der Waals surface area contributed by atoms with E-state index < -0.39 is 46.8 Å². The van der Waals surface area contributed by atoms with Crippen molar-refractivity contribution in [3.63, 3.8) is 0 Å². The van der Waals surface area contributed by atoms with Crippen LogP contribution in [0.15, 0.2) is 12.1 Å². The van der Waals surface area contributed by atoms with Crippen LogP contribution in [0.25, 0.3) is 0 Å². The van der Waals surface area contributed by atoms with Crippen LogP contribution in [0.5, 0.6) is 5.75 Å². The number of rotatable bonds is 4. The summed E-state index contributed by atoms with van der Waals surface area (Å²) in [5, 5.41) is 0. The molecule has 0 atom stereocenters. The zero-order valence-electron chi connectivity index (χ0n) is 10.4. The number of ether oxygens (including phenoxy) is 1. The Morgan fingerprint density at radius 1 is 0.955 bits per heavy atom. The van der Waals surface area contributed by atoms with Gasteiger partial charge in [-0.2, -0.15) is 30.7 Å². The lowest BCUT2D eigenvalue weighted by Gasteiger charge is -2.27. The first-order valence-corrected chi connectivity index (χ1v) is 5.17. The number of carbonyl (C=O) groups excluding carboxylic acids is 1. The highest BCUT2D eigenvalue weighted by Gasteiger charge is 2.76. The highest BCUT2D eigenvalue weighted by molar-refractivity contribution is 6.02. The molecule has 0 aliphatic heterocycles. The molecule has 22 heavy (non-hydrogen) atoms. The van der Waals surface area contributed by atoms with E-state index in [-0.39, 0.29) is 12.1 Å². The van der Waals surface area contributed by atoms with E-state index in [4.69, 9.17) is 0 Å². The molecule has 0 saturated heterocycles. The molecular weight excluding hydrogens is 335 g/mol. The molecule has 0 fully saturated rings. The normalized spacial score (nSPS) is 13.2. The molecule has 11 heteroatoms. The van der Waals surface area contributed by atoms with Gasteiger partial charge in [-0.3, -0.25) is 4.79 Å². The fraction of sp³-hybridized carbons (Fsp3) is 0.364. The van der Waals surface area contributed by atoms with Gasteiger partial charge in [0.25, 0.3) is 0 Å². The van der Waals surface area contributed by atoms with Gasteiger partial charge in [0.15, 0.2) is 11.6 Å². The topological polar surface area (TPSA) is 26.3 Å². The molecule has 0 N–H and O–H groups in total. The molecule has 0 aliphatic carbocycles. The van der Waals surface area contributed by atoms with E-state index in [0.29, 0.717) is 0 Å².